The quantitative estimate of drug-likeness (QED) is 0.788. The molecule has 1 N–H and O–H groups in total. The van der Waals surface area contributed by atoms with E-state index >= 15 is 0 Å². The van der Waals surface area contributed by atoms with Gasteiger partial charge in [0.25, 0.3) is 0 Å². The van der Waals surface area contributed by atoms with Gasteiger partial charge in [-0.05, 0) is 29.8 Å². The Kier molecular flexibility index (Phi) is 5.54. The first-order valence-corrected chi connectivity index (χ1v) is 7.87. The van der Waals surface area contributed by atoms with Gasteiger partial charge in [0.2, 0.25) is 0 Å². The van der Waals surface area contributed by atoms with Gasteiger partial charge in [-0.1, -0.05) is 57.9 Å². The maximum atomic E-state index is 4.45. The molecule has 2 rings (SSSR count). The molecule has 1 aromatic heterocycles. The molecule has 1 unspecified atom stereocenters. The molecule has 0 bridgehead atoms. The van der Waals surface area contributed by atoms with E-state index < -0.39 is 0 Å². The number of rotatable bonds is 7. The minimum Gasteiger partial charge on any atom is -0.310 e. The Morgan fingerprint density at radius 2 is 1.80 bits per heavy atom. The van der Waals surface area contributed by atoms with Crippen molar-refractivity contribution in [3.8, 4) is 0 Å². The van der Waals surface area contributed by atoms with Crippen LogP contribution < -0.4 is 5.32 Å². The molecular formula is C18H26N2. The minimum atomic E-state index is 0.406. The topological polar surface area (TPSA) is 24.9 Å². The van der Waals surface area contributed by atoms with Crippen LogP contribution in [0.25, 0.3) is 10.8 Å². The predicted octanol–water partition coefficient (Wildman–Crippen LogP) is 4.71. The molecule has 20 heavy (non-hydrogen) atoms. The van der Waals surface area contributed by atoms with E-state index in [-0.39, 0.29) is 0 Å². The van der Waals surface area contributed by atoms with Crippen molar-refractivity contribution in [1.82, 2.24) is 10.3 Å². The van der Waals surface area contributed by atoms with Gasteiger partial charge in [0.05, 0.1) is 0 Å². The summed E-state index contributed by atoms with van der Waals surface area (Å²) in [4.78, 5) is 4.45. The number of nitrogens with one attached hydrogen (secondary N) is 1. The summed E-state index contributed by atoms with van der Waals surface area (Å²) >= 11 is 0. The highest BCUT2D eigenvalue weighted by molar-refractivity contribution is 5.85. The Balaban J connectivity index is 2.44. The number of nitrogens with zero attached hydrogens (tertiary/aromatic N) is 1. The van der Waals surface area contributed by atoms with Crippen molar-refractivity contribution in [1.29, 1.82) is 0 Å². The van der Waals surface area contributed by atoms with E-state index in [9.17, 15) is 0 Å². The molecule has 108 valence electrons. The van der Waals surface area contributed by atoms with Crippen LogP contribution in [0.3, 0.4) is 0 Å². The third-order valence-electron chi connectivity index (χ3n) is 4.17. The number of fused-ring (bicyclic) bond motifs is 1. The van der Waals surface area contributed by atoms with Gasteiger partial charge in [0.1, 0.15) is 0 Å². The largest absolute Gasteiger partial charge is 0.310 e. The Morgan fingerprint density at radius 1 is 1.05 bits per heavy atom. The summed E-state index contributed by atoms with van der Waals surface area (Å²) in [6.07, 6.45) is 7.56. The van der Waals surface area contributed by atoms with Crippen molar-refractivity contribution >= 4 is 10.8 Å². The SMILES string of the molecule is CCCNC(c1cncc2ccccc12)C(CC)CC. The highest BCUT2D eigenvalue weighted by atomic mass is 14.9. The number of aromatic nitrogens is 1. The molecule has 0 radical (unpaired) electrons. The van der Waals surface area contributed by atoms with E-state index in [1.54, 1.807) is 0 Å². The second-order valence-electron chi connectivity index (χ2n) is 5.46. The van der Waals surface area contributed by atoms with Crippen LogP contribution in [-0.4, -0.2) is 11.5 Å². The Morgan fingerprint density at radius 3 is 2.50 bits per heavy atom. The fraction of sp³-hybridized carbons (Fsp3) is 0.500. The zero-order valence-corrected chi connectivity index (χ0v) is 12.9. The molecule has 0 spiro atoms. The van der Waals surface area contributed by atoms with Crippen LogP contribution in [0.15, 0.2) is 36.7 Å². The Labute approximate surface area is 122 Å². The molecule has 0 fully saturated rings. The van der Waals surface area contributed by atoms with E-state index in [1.807, 2.05) is 12.4 Å². The summed E-state index contributed by atoms with van der Waals surface area (Å²) in [7, 11) is 0. The molecule has 1 aromatic carbocycles. The number of hydrogen-bond donors (Lipinski definition) is 1. The fourth-order valence-corrected chi connectivity index (χ4v) is 2.98. The summed E-state index contributed by atoms with van der Waals surface area (Å²) in [5, 5.41) is 6.31. The van der Waals surface area contributed by atoms with Crippen molar-refractivity contribution in [2.75, 3.05) is 6.54 Å². The monoisotopic (exact) mass is 270 g/mol. The van der Waals surface area contributed by atoms with Gasteiger partial charge >= 0.3 is 0 Å². The van der Waals surface area contributed by atoms with E-state index in [4.69, 9.17) is 0 Å². The summed E-state index contributed by atoms with van der Waals surface area (Å²) in [6, 6.07) is 8.98. The van der Waals surface area contributed by atoms with E-state index in [2.05, 4.69) is 55.3 Å². The molecule has 2 aromatic rings. The van der Waals surface area contributed by atoms with E-state index in [0.717, 1.165) is 13.0 Å². The first-order valence-electron chi connectivity index (χ1n) is 7.87. The maximum Gasteiger partial charge on any atom is 0.0369 e. The number of hydrogen-bond acceptors (Lipinski definition) is 2. The van der Waals surface area contributed by atoms with Crippen molar-refractivity contribution in [2.45, 2.75) is 46.1 Å². The van der Waals surface area contributed by atoms with Gasteiger partial charge in [-0.3, -0.25) is 4.98 Å². The zero-order valence-electron chi connectivity index (χ0n) is 12.9. The molecule has 0 saturated heterocycles. The van der Waals surface area contributed by atoms with Crippen LogP contribution in [0.4, 0.5) is 0 Å². The van der Waals surface area contributed by atoms with E-state index in [0.29, 0.717) is 12.0 Å². The van der Waals surface area contributed by atoms with Crippen molar-refractivity contribution in [3.05, 3.63) is 42.2 Å². The average molecular weight is 270 g/mol. The van der Waals surface area contributed by atoms with Crippen LogP contribution in [0.2, 0.25) is 0 Å². The highest BCUT2D eigenvalue weighted by Crippen LogP contribution is 2.31. The van der Waals surface area contributed by atoms with Gasteiger partial charge in [-0.2, -0.15) is 0 Å². The lowest BCUT2D eigenvalue weighted by Gasteiger charge is -2.27. The minimum absolute atomic E-state index is 0.406. The van der Waals surface area contributed by atoms with Gasteiger partial charge in [0, 0.05) is 23.8 Å². The molecule has 0 aliphatic heterocycles. The first kappa shape index (κ1) is 15.0. The standard InChI is InChI=1S/C18H26N2/c1-4-11-20-18(14(5-2)6-3)17-13-19-12-15-9-7-8-10-16(15)17/h7-10,12-14,18,20H,4-6,11H2,1-3H3. The second kappa shape index (κ2) is 7.39. The Hall–Kier alpha value is -1.41. The van der Waals surface area contributed by atoms with Crippen molar-refractivity contribution in [2.24, 2.45) is 5.92 Å². The highest BCUT2D eigenvalue weighted by Gasteiger charge is 2.21. The Bertz CT molecular complexity index is 526. The predicted molar refractivity (Wildman–Crippen MR) is 86.8 cm³/mol. The lowest BCUT2D eigenvalue weighted by molar-refractivity contribution is 0.343. The van der Waals surface area contributed by atoms with Crippen LogP contribution in [0.5, 0.6) is 0 Å². The molecule has 2 nitrogen and oxygen atoms in total. The van der Waals surface area contributed by atoms with E-state index in [1.165, 1.54) is 29.2 Å². The van der Waals surface area contributed by atoms with Gasteiger partial charge in [-0.25, -0.2) is 0 Å². The lowest BCUT2D eigenvalue weighted by Crippen LogP contribution is -2.29. The summed E-state index contributed by atoms with van der Waals surface area (Å²) in [6.45, 7) is 7.85. The average Bonchev–Trinajstić information content (AvgIpc) is 2.51. The van der Waals surface area contributed by atoms with Gasteiger partial charge < -0.3 is 5.32 Å². The molecule has 0 aliphatic carbocycles. The van der Waals surface area contributed by atoms with Crippen LogP contribution in [-0.2, 0) is 0 Å². The molecular weight excluding hydrogens is 244 g/mol. The third-order valence-corrected chi connectivity index (χ3v) is 4.17. The summed E-state index contributed by atoms with van der Waals surface area (Å²) in [5.74, 6) is 0.661. The van der Waals surface area contributed by atoms with Crippen molar-refractivity contribution < 1.29 is 0 Å². The van der Waals surface area contributed by atoms with Gasteiger partial charge in [0.15, 0.2) is 0 Å². The zero-order chi connectivity index (χ0) is 14.4. The first-order chi connectivity index (χ1) is 9.81. The normalized spacial score (nSPS) is 13.0. The smallest absolute Gasteiger partial charge is 0.0369 e. The van der Waals surface area contributed by atoms with Crippen LogP contribution >= 0.6 is 0 Å². The molecule has 0 saturated carbocycles. The lowest BCUT2D eigenvalue weighted by atomic mass is 9.87. The number of benzene rings is 1. The maximum absolute atomic E-state index is 4.45. The van der Waals surface area contributed by atoms with Crippen LogP contribution in [0, 0.1) is 5.92 Å². The molecule has 1 atom stereocenters. The third kappa shape index (κ3) is 3.18. The molecule has 0 aliphatic rings. The number of pyridine rings is 1. The molecule has 0 amide bonds. The van der Waals surface area contributed by atoms with Crippen molar-refractivity contribution in [3.63, 3.8) is 0 Å². The molecule has 1 heterocycles. The summed E-state index contributed by atoms with van der Waals surface area (Å²) < 4.78 is 0. The summed E-state index contributed by atoms with van der Waals surface area (Å²) in [5.41, 5.74) is 1.35. The molecule has 2 heteroatoms. The fourth-order valence-electron chi connectivity index (χ4n) is 2.98. The van der Waals surface area contributed by atoms with Gasteiger partial charge in [-0.15, -0.1) is 0 Å². The second-order valence-corrected chi connectivity index (χ2v) is 5.46. The van der Waals surface area contributed by atoms with Crippen LogP contribution in [0.1, 0.15) is 51.6 Å².